The highest BCUT2D eigenvalue weighted by Gasteiger charge is 2.51. The summed E-state index contributed by atoms with van der Waals surface area (Å²) >= 11 is 0. The number of rotatable bonds is 14. The number of alkyl halides is 1. The third kappa shape index (κ3) is 8.58. The number of Topliss-reactive ketones (excluding diaryl/α,β-unsaturated/α-hetero) is 1. The maximum absolute atomic E-state index is 14.0. The molecule has 0 radical (unpaired) electrons. The van der Waals surface area contributed by atoms with Gasteiger partial charge < -0.3 is 77.8 Å². The maximum Gasteiger partial charge on any atom is 0.186 e. The number of nitrogens with two attached hydrogens (primary N) is 4. The van der Waals surface area contributed by atoms with E-state index in [1.54, 1.807) is 0 Å². The van der Waals surface area contributed by atoms with E-state index in [-0.39, 0.29) is 19.1 Å². The van der Waals surface area contributed by atoms with E-state index < -0.39 is 111 Å². The molecule has 2 aliphatic heterocycles. The molecule has 0 aromatic carbocycles. The van der Waals surface area contributed by atoms with Crippen LogP contribution >= 0.6 is 0 Å². The number of ketones is 1. The molecule has 0 bridgehead atoms. The van der Waals surface area contributed by atoms with Crippen molar-refractivity contribution in [2.75, 3.05) is 32.8 Å². The zero-order chi connectivity index (χ0) is 31.1. The highest BCUT2D eigenvalue weighted by Crippen LogP contribution is 2.36. The van der Waals surface area contributed by atoms with Crippen molar-refractivity contribution in [1.82, 2.24) is 5.32 Å². The third-order valence-corrected chi connectivity index (χ3v) is 8.17. The van der Waals surface area contributed by atoms with Gasteiger partial charge in [0, 0.05) is 32.1 Å². The summed E-state index contributed by atoms with van der Waals surface area (Å²) in [5.74, 6) is -1.81. The molecule has 2 heterocycles. The van der Waals surface area contributed by atoms with E-state index in [9.17, 15) is 34.7 Å². The third-order valence-electron chi connectivity index (χ3n) is 8.17. The summed E-state index contributed by atoms with van der Waals surface area (Å²) in [6, 6.07) is -2.72. The standard InChI is InChI=1S/C25H48FN5O11/c26-12(7-27)18(35)15(34)6-10-5-14(29)23(42-24-13(28)2-1-11(39-24)8-31-3-4-32)21(38)22(10)41-25-20(37)17(30)19(36)16(9-33)40-25/h10-14,16-25,31-33,35-38H,1-9,27-30H2/t10-,11-,12?,13+,14-,16+,17-,18?,19+,20+,21+,22-,23?,24+,25+/m0/s1. The van der Waals surface area contributed by atoms with Crippen LogP contribution in [0, 0.1) is 5.92 Å². The summed E-state index contributed by atoms with van der Waals surface area (Å²) in [4.78, 5) is 12.7. The summed E-state index contributed by atoms with van der Waals surface area (Å²) in [6.45, 7) is -0.477. The van der Waals surface area contributed by atoms with Crippen molar-refractivity contribution in [1.29, 1.82) is 0 Å². The van der Waals surface area contributed by atoms with Crippen molar-refractivity contribution in [3.63, 3.8) is 0 Å². The van der Waals surface area contributed by atoms with E-state index in [0.29, 0.717) is 25.9 Å². The van der Waals surface area contributed by atoms with Gasteiger partial charge in [-0.05, 0) is 25.2 Å². The Labute approximate surface area is 243 Å². The number of carbonyl (C=O) groups excluding carboxylic acids is 1. The summed E-state index contributed by atoms with van der Waals surface area (Å²) in [7, 11) is 0. The molecule has 16 nitrogen and oxygen atoms in total. The van der Waals surface area contributed by atoms with Gasteiger partial charge in [-0.3, -0.25) is 4.79 Å². The molecule has 0 aromatic heterocycles. The Morgan fingerprint density at radius 2 is 1.67 bits per heavy atom. The minimum Gasteiger partial charge on any atom is -0.395 e. The second-order valence-electron chi connectivity index (χ2n) is 11.3. The van der Waals surface area contributed by atoms with Gasteiger partial charge in [0.1, 0.15) is 42.8 Å². The van der Waals surface area contributed by atoms with Crippen LogP contribution in [0.3, 0.4) is 0 Å². The lowest BCUT2D eigenvalue weighted by Gasteiger charge is -2.48. The SMILES string of the molecule is NCC(F)C(O)C(=O)C[C@@H]1C[C@H](N)C(O[C@H]2O[C@H](CNCCO)CC[C@H]2N)[C@H](O)[C@H]1O[C@H]1O[C@H](CO)[C@@H](O)[C@H](N)[C@H]1O. The van der Waals surface area contributed by atoms with Gasteiger partial charge >= 0.3 is 0 Å². The first kappa shape index (κ1) is 35.5. The van der Waals surface area contributed by atoms with Crippen LogP contribution in [-0.2, 0) is 23.7 Å². The zero-order valence-corrected chi connectivity index (χ0v) is 23.4. The highest BCUT2D eigenvalue weighted by atomic mass is 19.1. The first-order chi connectivity index (χ1) is 19.9. The van der Waals surface area contributed by atoms with E-state index >= 15 is 0 Å². The van der Waals surface area contributed by atoms with Crippen molar-refractivity contribution in [3.8, 4) is 0 Å². The fourth-order valence-electron chi connectivity index (χ4n) is 5.66. The normalized spacial score (nSPS) is 42.7. The predicted octanol–water partition coefficient (Wildman–Crippen LogP) is -5.74. The highest BCUT2D eigenvalue weighted by molar-refractivity contribution is 5.83. The summed E-state index contributed by atoms with van der Waals surface area (Å²) in [5.41, 5.74) is 23.8. The molecule has 3 rings (SSSR count). The molecule has 3 aliphatic rings. The van der Waals surface area contributed by atoms with Crippen molar-refractivity contribution in [2.45, 2.75) is 111 Å². The summed E-state index contributed by atoms with van der Waals surface area (Å²) < 4.78 is 37.5. The molecule has 0 spiro atoms. The van der Waals surface area contributed by atoms with Gasteiger partial charge in [0.25, 0.3) is 0 Å². The summed E-state index contributed by atoms with van der Waals surface area (Å²) in [6.07, 6.45) is -14.4. The smallest absolute Gasteiger partial charge is 0.186 e. The molecule has 17 heteroatoms. The molecule has 15 N–H and O–H groups in total. The molecule has 0 amide bonds. The molecular formula is C25H48FN5O11. The molecule has 42 heavy (non-hydrogen) atoms. The van der Waals surface area contributed by atoms with Crippen molar-refractivity contribution in [3.05, 3.63) is 0 Å². The molecule has 2 saturated heterocycles. The molecule has 0 aromatic rings. The van der Waals surface area contributed by atoms with Gasteiger partial charge in [0.2, 0.25) is 0 Å². The fraction of sp³-hybridized carbons (Fsp3) is 0.960. The Hall–Kier alpha value is -1.00. The van der Waals surface area contributed by atoms with E-state index in [0.717, 1.165) is 0 Å². The number of carbonyl (C=O) groups is 1. The Kier molecular flexibility index (Phi) is 13.8. The fourth-order valence-corrected chi connectivity index (χ4v) is 5.66. The Morgan fingerprint density at radius 3 is 2.31 bits per heavy atom. The lowest BCUT2D eigenvalue weighted by atomic mass is 9.76. The average Bonchev–Trinajstić information content (AvgIpc) is 2.97. The van der Waals surface area contributed by atoms with E-state index in [1.165, 1.54) is 0 Å². The van der Waals surface area contributed by atoms with Crippen LogP contribution in [0.5, 0.6) is 0 Å². The minimum absolute atomic E-state index is 0.00516. The van der Waals surface area contributed by atoms with Crippen molar-refractivity contribution >= 4 is 5.78 Å². The molecular weight excluding hydrogens is 565 g/mol. The van der Waals surface area contributed by atoms with Gasteiger partial charge in [0.15, 0.2) is 18.4 Å². The van der Waals surface area contributed by atoms with Gasteiger partial charge in [-0.15, -0.1) is 0 Å². The number of aliphatic hydroxyl groups is 6. The monoisotopic (exact) mass is 613 g/mol. The van der Waals surface area contributed by atoms with Gasteiger partial charge in [-0.2, -0.15) is 0 Å². The van der Waals surface area contributed by atoms with Crippen LogP contribution in [-0.4, -0.2) is 155 Å². The Morgan fingerprint density at radius 1 is 0.976 bits per heavy atom. The number of nitrogens with one attached hydrogen (secondary N) is 1. The van der Waals surface area contributed by atoms with Crippen LogP contribution < -0.4 is 28.3 Å². The number of aliphatic hydroxyl groups excluding tert-OH is 6. The first-order valence-electron chi connectivity index (χ1n) is 14.3. The quantitative estimate of drug-likeness (QED) is 0.0813. The van der Waals surface area contributed by atoms with Gasteiger partial charge in [-0.25, -0.2) is 4.39 Å². The topological polar surface area (TPSA) is 291 Å². The van der Waals surface area contributed by atoms with Crippen LogP contribution in [0.15, 0.2) is 0 Å². The van der Waals surface area contributed by atoms with Gasteiger partial charge in [-0.1, -0.05) is 0 Å². The molecule has 1 saturated carbocycles. The number of halogens is 1. The second kappa shape index (κ2) is 16.4. The average molecular weight is 614 g/mol. The number of hydrogen-bond acceptors (Lipinski definition) is 16. The lowest BCUT2D eigenvalue weighted by Crippen LogP contribution is -2.66. The zero-order valence-electron chi connectivity index (χ0n) is 23.4. The van der Waals surface area contributed by atoms with Crippen LogP contribution in [0.2, 0.25) is 0 Å². The first-order valence-corrected chi connectivity index (χ1v) is 14.3. The molecule has 1 aliphatic carbocycles. The summed E-state index contributed by atoms with van der Waals surface area (Å²) in [5, 5.41) is 64.1. The lowest BCUT2D eigenvalue weighted by molar-refractivity contribution is -0.318. The molecule has 3 fully saturated rings. The maximum atomic E-state index is 14.0. The number of ether oxygens (including phenoxy) is 4. The predicted molar refractivity (Wildman–Crippen MR) is 143 cm³/mol. The van der Waals surface area contributed by atoms with Crippen LogP contribution in [0.25, 0.3) is 0 Å². The van der Waals surface area contributed by atoms with Crippen LogP contribution in [0.1, 0.15) is 25.7 Å². The van der Waals surface area contributed by atoms with E-state index in [2.05, 4.69) is 5.32 Å². The van der Waals surface area contributed by atoms with Gasteiger partial charge in [0.05, 0.1) is 37.5 Å². The molecule has 3 unspecified atom stereocenters. The van der Waals surface area contributed by atoms with E-state index in [4.69, 9.17) is 47.0 Å². The largest absolute Gasteiger partial charge is 0.395 e. The van der Waals surface area contributed by atoms with Crippen LogP contribution in [0.4, 0.5) is 4.39 Å². The van der Waals surface area contributed by atoms with Crippen molar-refractivity contribution < 1.29 is 58.8 Å². The minimum atomic E-state index is -2.01. The number of hydrogen-bond donors (Lipinski definition) is 11. The van der Waals surface area contributed by atoms with Crippen molar-refractivity contribution in [2.24, 2.45) is 28.9 Å². The Balaban J connectivity index is 1.80. The second-order valence-corrected chi connectivity index (χ2v) is 11.3. The Bertz CT molecular complexity index is 838. The molecule has 246 valence electrons. The molecule has 15 atom stereocenters. The van der Waals surface area contributed by atoms with E-state index in [1.807, 2.05) is 0 Å².